The first-order chi connectivity index (χ1) is 26.7. The van der Waals surface area contributed by atoms with Gasteiger partial charge in [-0.15, -0.1) is 0 Å². The quantitative estimate of drug-likeness (QED) is 0.0767. The lowest BCUT2D eigenvalue weighted by molar-refractivity contribution is -0.144. The summed E-state index contributed by atoms with van der Waals surface area (Å²) >= 11 is 0. The number of carbonyl (C=O) groups is 8. The zero-order chi connectivity index (χ0) is 43.1. The molecule has 0 bridgehead atoms. The summed E-state index contributed by atoms with van der Waals surface area (Å²) in [4.78, 5) is 108. The standard InChI is InChI=1S/C39H60N6O12/c1-8-23(6)33(43-38(55)34(22(4)5)44(7)30(48)14-12-24-11-13-28(46)29(47)18-24)37(54)41-25(19-31(49)45-15-9-10-16-45)35(52)40-26(20-32(50)51)36(53)42-27(39(56)57)17-21(2)3/h11,13,18,21-23,25-27,33-34,46-47H,8-10,12,14-17,19-20H2,1-7H3,(H,40,52)(H,41,54)(H,42,53)(H,43,55)(H,50,51)(H,56,57)/t23-,25-,26-,27-,33-,34-/m0/s1. The largest absolute Gasteiger partial charge is 0.504 e. The Balaban J connectivity index is 2.35. The number of phenols is 2. The Kier molecular flexibility index (Phi) is 18.7. The number of carbonyl (C=O) groups excluding carboxylic acids is 6. The van der Waals surface area contributed by atoms with E-state index in [1.54, 1.807) is 47.6 Å². The van der Waals surface area contributed by atoms with Gasteiger partial charge < -0.3 is 51.5 Å². The third kappa shape index (κ3) is 14.9. The molecule has 18 nitrogen and oxygen atoms in total. The van der Waals surface area contributed by atoms with E-state index in [9.17, 15) is 58.8 Å². The Bertz CT molecular complexity index is 1610. The summed E-state index contributed by atoms with van der Waals surface area (Å²) in [5.41, 5.74) is 0.582. The van der Waals surface area contributed by atoms with Crippen molar-refractivity contribution in [1.29, 1.82) is 0 Å². The highest BCUT2D eigenvalue weighted by atomic mass is 16.4. The summed E-state index contributed by atoms with van der Waals surface area (Å²) in [6.07, 6.45) is 0.532. The number of benzene rings is 1. The molecule has 0 spiro atoms. The molecule has 2 rings (SSSR count). The lowest BCUT2D eigenvalue weighted by Gasteiger charge is -2.33. The number of rotatable bonds is 22. The highest BCUT2D eigenvalue weighted by Gasteiger charge is 2.38. The molecule has 1 aliphatic heterocycles. The fourth-order valence-electron chi connectivity index (χ4n) is 6.54. The second kappa shape index (κ2) is 22.4. The smallest absolute Gasteiger partial charge is 0.326 e. The van der Waals surface area contributed by atoms with Crippen molar-refractivity contribution in [2.24, 2.45) is 17.8 Å². The van der Waals surface area contributed by atoms with E-state index in [1.165, 1.54) is 29.0 Å². The summed E-state index contributed by atoms with van der Waals surface area (Å²) in [7, 11) is 1.45. The van der Waals surface area contributed by atoms with E-state index in [2.05, 4.69) is 21.3 Å². The Morgan fingerprint density at radius 1 is 0.754 bits per heavy atom. The van der Waals surface area contributed by atoms with Gasteiger partial charge in [0.1, 0.15) is 30.2 Å². The zero-order valence-corrected chi connectivity index (χ0v) is 33.9. The van der Waals surface area contributed by atoms with Crippen LogP contribution < -0.4 is 21.3 Å². The lowest BCUT2D eigenvalue weighted by atomic mass is 9.95. The molecular weight excluding hydrogens is 744 g/mol. The number of likely N-dealkylation sites (N-methyl/N-ethyl adjacent to an activating group) is 1. The molecule has 1 fully saturated rings. The monoisotopic (exact) mass is 804 g/mol. The van der Waals surface area contributed by atoms with Gasteiger partial charge in [-0.25, -0.2) is 4.79 Å². The minimum Gasteiger partial charge on any atom is -0.504 e. The van der Waals surface area contributed by atoms with Gasteiger partial charge in [-0.05, 0) is 61.1 Å². The van der Waals surface area contributed by atoms with Gasteiger partial charge in [0.05, 0.1) is 12.8 Å². The van der Waals surface area contributed by atoms with Crippen molar-refractivity contribution in [2.45, 2.75) is 123 Å². The number of aryl methyl sites for hydroxylation is 1. The van der Waals surface area contributed by atoms with Gasteiger partial charge >= 0.3 is 11.9 Å². The molecule has 18 heteroatoms. The molecule has 6 atom stereocenters. The SMILES string of the molecule is CC[C@H](C)[C@H](NC(=O)[C@H](C(C)C)N(C)C(=O)CCc1ccc(O)c(O)c1)C(=O)N[C@@H](CC(=O)N1CCCC1)C(=O)N[C@@H](CC(=O)O)C(=O)N[C@@H](CC(C)C)C(=O)O. The van der Waals surface area contributed by atoms with E-state index >= 15 is 0 Å². The van der Waals surface area contributed by atoms with E-state index < -0.39 is 102 Å². The molecule has 1 aliphatic rings. The van der Waals surface area contributed by atoms with Crippen LogP contribution in [0.25, 0.3) is 0 Å². The summed E-state index contributed by atoms with van der Waals surface area (Å²) in [5.74, 6) is -9.14. The number of hydrogen-bond acceptors (Lipinski definition) is 10. The van der Waals surface area contributed by atoms with Gasteiger partial charge in [0, 0.05) is 26.6 Å². The third-order valence-corrected chi connectivity index (χ3v) is 9.98. The number of hydrogen-bond donors (Lipinski definition) is 8. The first-order valence-corrected chi connectivity index (χ1v) is 19.4. The lowest BCUT2D eigenvalue weighted by Crippen LogP contribution is -2.61. The second-order valence-corrected chi connectivity index (χ2v) is 15.4. The maximum absolute atomic E-state index is 14.0. The van der Waals surface area contributed by atoms with E-state index in [0.29, 0.717) is 25.1 Å². The van der Waals surface area contributed by atoms with Crippen LogP contribution in [0.3, 0.4) is 0 Å². The van der Waals surface area contributed by atoms with E-state index in [1.807, 2.05) is 0 Å². The van der Waals surface area contributed by atoms with Crippen LogP contribution in [-0.4, -0.2) is 128 Å². The fourth-order valence-corrected chi connectivity index (χ4v) is 6.54. The number of nitrogens with zero attached hydrogens (tertiary/aromatic N) is 2. The predicted octanol–water partition coefficient (Wildman–Crippen LogP) is 1.12. The average molecular weight is 805 g/mol. The molecule has 1 heterocycles. The first-order valence-electron chi connectivity index (χ1n) is 19.4. The molecule has 318 valence electrons. The van der Waals surface area contributed by atoms with Crippen LogP contribution in [0.1, 0.15) is 92.1 Å². The van der Waals surface area contributed by atoms with Crippen LogP contribution >= 0.6 is 0 Å². The van der Waals surface area contributed by atoms with Gasteiger partial charge in [-0.3, -0.25) is 33.6 Å². The normalized spacial score (nSPS) is 15.8. The van der Waals surface area contributed by atoms with Crippen molar-refractivity contribution in [1.82, 2.24) is 31.1 Å². The number of carboxylic acids is 2. The van der Waals surface area contributed by atoms with Crippen molar-refractivity contribution in [3.05, 3.63) is 23.8 Å². The van der Waals surface area contributed by atoms with Gasteiger partial charge in [0.2, 0.25) is 35.4 Å². The first kappa shape index (κ1) is 47.7. The number of phenolic OH excluding ortho intramolecular Hbond substituents is 2. The van der Waals surface area contributed by atoms with Crippen molar-refractivity contribution >= 4 is 47.4 Å². The minimum absolute atomic E-state index is 0.0212. The molecule has 0 saturated carbocycles. The van der Waals surface area contributed by atoms with Crippen LogP contribution in [0, 0.1) is 17.8 Å². The number of aromatic hydroxyl groups is 2. The fraction of sp³-hybridized carbons (Fsp3) is 0.641. The summed E-state index contributed by atoms with van der Waals surface area (Å²) in [5, 5.41) is 48.4. The number of amides is 6. The summed E-state index contributed by atoms with van der Waals surface area (Å²) in [6, 6.07) is -2.90. The van der Waals surface area contributed by atoms with Gasteiger partial charge in [0.15, 0.2) is 11.5 Å². The number of aliphatic carboxylic acids is 2. The van der Waals surface area contributed by atoms with Crippen molar-refractivity contribution in [3.8, 4) is 11.5 Å². The topological polar surface area (TPSA) is 272 Å². The Hall–Kier alpha value is -5.42. The van der Waals surface area contributed by atoms with Gasteiger partial charge in [-0.2, -0.15) is 0 Å². The van der Waals surface area contributed by atoms with Crippen LogP contribution in [-0.2, 0) is 44.8 Å². The number of likely N-dealkylation sites (tertiary alicyclic amines) is 1. The Labute approximate surface area is 333 Å². The molecule has 8 N–H and O–H groups in total. The molecule has 1 aromatic carbocycles. The highest BCUT2D eigenvalue weighted by molar-refractivity contribution is 5.98. The van der Waals surface area contributed by atoms with Gasteiger partial charge in [0.25, 0.3) is 0 Å². The molecular formula is C39H60N6O12. The van der Waals surface area contributed by atoms with Gasteiger partial charge in [-0.1, -0.05) is 54.0 Å². The van der Waals surface area contributed by atoms with Crippen LogP contribution in [0.4, 0.5) is 0 Å². The molecule has 1 aromatic rings. The summed E-state index contributed by atoms with van der Waals surface area (Å²) < 4.78 is 0. The highest BCUT2D eigenvalue weighted by Crippen LogP contribution is 2.26. The Morgan fingerprint density at radius 3 is 1.82 bits per heavy atom. The maximum Gasteiger partial charge on any atom is 0.326 e. The maximum atomic E-state index is 14.0. The molecule has 0 aromatic heterocycles. The van der Waals surface area contributed by atoms with E-state index in [4.69, 9.17) is 0 Å². The van der Waals surface area contributed by atoms with E-state index in [-0.39, 0.29) is 36.7 Å². The zero-order valence-electron chi connectivity index (χ0n) is 33.9. The minimum atomic E-state index is -1.77. The number of carboxylic acid groups (broad SMARTS) is 2. The average Bonchev–Trinajstić information content (AvgIpc) is 3.68. The molecule has 57 heavy (non-hydrogen) atoms. The summed E-state index contributed by atoms with van der Waals surface area (Å²) in [6.45, 7) is 11.2. The molecule has 0 unspecified atom stereocenters. The van der Waals surface area contributed by atoms with Crippen LogP contribution in [0.2, 0.25) is 0 Å². The van der Waals surface area contributed by atoms with E-state index in [0.717, 1.165) is 12.8 Å². The molecule has 0 aliphatic carbocycles. The number of nitrogens with one attached hydrogen (secondary N) is 4. The van der Waals surface area contributed by atoms with Crippen LogP contribution in [0.5, 0.6) is 11.5 Å². The Morgan fingerprint density at radius 2 is 1.32 bits per heavy atom. The van der Waals surface area contributed by atoms with Crippen molar-refractivity contribution in [2.75, 3.05) is 20.1 Å². The third-order valence-electron chi connectivity index (χ3n) is 9.98. The second-order valence-electron chi connectivity index (χ2n) is 15.4. The molecule has 0 radical (unpaired) electrons. The predicted molar refractivity (Wildman–Crippen MR) is 206 cm³/mol. The molecule has 6 amide bonds. The molecule has 1 saturated heterocycles. The van der Waals surface area contributed by atoms with Crippen molar-refractivity contribution in [3.63, 3.8) is 0 Å². The van der Waals surface area contributed by atoms with Crippen molar-refractivity contribution < 1.29 is 58.8 Å². The van der Waals surface area contributed by atoms with Crippen LogP contribution in [0.15, 0.2) is 18.2 Å².